The van der Waals surface area contributed by atoms with Crippen LogP contribution in [0.3, 0.4) is 0 Å². The molecule has 4 aromatic rings. The maximum Gasteiger partial charge on any atom is 0.244 e. The van der Waals surface area contributed by atoms with Crippen LogP contribution in [-0.4, -0.2) is 21.3 Å². The molecule has 0 atom stereocenters. The van der Waals surface area contributed by atoms with Crippen LogP contribution >= 0.6 is 39.1 Å². The largest absolute Gasteiger partial charge is 0.506 e. The summed E-state index contributed by atoms with van der Waals surface area (Å²) in [5.41, 5.74) is 6.59. The summed E-state index contributed by atoms with van der Waals surface area (Å²) in [6, 6.07) is 22.6. The fourth-order valence-electron chi connectivity index (χ4n) is 2.87. The Labute approximate surface area is 197 Å². The van der Waals surface area contributed by atoms with Gasteiger partial charge in [-0.3, -0.25) is 0 Å². The smallest absolute Gasteiger partial charge is 0.244 e. The van der Waals surface area contributed by atoms with E-state index in [-0.39, 0.29) is 10.8 Å². The quantitative estimate of drug-likeness (QED) is 0.222. The van der Waals surface area contributed by atoms with E-state index >= 15 is 0 Å². The van der Waals surface area contributed by atoms with Gasteiger partial charge in [0.15, 0.2) is 0 Å². The van der Waals surface area contributed by atoms with Gasteiger partial charge in [0.2, 0.25) is 5.95 Å². The number of halogens is 3. The van der Waals surface area contributed by atoms with Gasteiger partial charge >= 0.3 is 0 Å². The molecule has 1 heterocycles. The Morgan fingerprint density at radius 3 is 2.19 bits per heavy atom. The average Bonchev–Trinajstić information content (AvgIpc) is 2.78. The summed E-state index contributed by atoms with van der Waals surface area (Å²) in [7, 11) is 0. The van der Waals surface area contributed by atoms with E-state index in [0.29, 0.717) is 16.5 Å². The summed E-state index contributed by atoms with van der Waals surface area (Å²) in [6.07, 6.45) is 1.41. The lowest BCUT2D eigenvalue weighted by Crippen LogP contribution is -2.00. The monoisotopic (exact) mass is 512 g/mol. The van der Waals surface area contributed by atoms with Crippen LogP contribution in [0.25, 0.3) is 22.5 Å². The van der Waals surface area contributed by atoms with Crippen molar-refractivity contribution in [1.82, 2.24) is 9.97 Å². The molecule has 0 radical (unpaired) electrons. The van der Waals surface area contributed by atoms with Gasteiger partial charge < -0.3 is 5.11 Å². The van der Waals surface area contributed by atoms with Gasteiger partial charge in [0.25, 0.3) is 0 Å². The molecule has 2 N–H and O–H groups in total. The number of hydrogen-bond donors (Lipinski definition) is 2. The van der Waals surface area contributed by atoms with Gasteiger partial charge in [-0.1, -0.05) is 81.6 Å². The zero-order chi connectivity index (χ0) is 21.8. The lowest BCUT2D eigenvalue weighted by Gasteiger charge is -2.09. The van der Waals surface area contributed by atoms with E-state index in [9.17, 15) is 5.11 Å². The molecule has 0 saturated heterocycles. The summed E-state index contributed by atoms with van der Waals surface area (Å²) in [6.45, 7) is 0. The minimum absolute atomic E-state index is 0.105. The van der Waals surface area contributed by atoms with Crippen LogP contribution < -0.4 is 5.43 Å². The molecule has 1 aromatic heterocycles. The van der Waals surface area contributed by atoms with Crippen molar-refractivity contribution in [1.29, 1.82) is 0 Å². The van der Waals surface area contributed by atoms with Gasteiger partial charge in [0.1, 0.15) is 5.75 Å². The fourth-order valence-corrected chi connectivity index (χ4v) is 3.64. The number of aromatic hydroxyl groups is 1. The molecule has 0 saturated carbocycles. The average molecular weight is 514 g/mol. The fraction of sp³-hybridized carbons (Fsp3) is 0. The summed E-state index contributed by atoms with van der Waals surface area (Å²) >= 11 is 15.4. The molecule has 0 aliphatic heterocycles. The molecular weight excluding hydrogens is 499 g/mol. The molecule has 4 rings (SSSR count). The minimum atomic E-state index is -0.105. The number of benzene rings is 3. The van der Waals surface area contributed by atoms with Gasteiger partial charge in [-0.15, -0.1) is 0 Å². The number of nitrogens with zero attached hydrogens (tertiary/aromatic N) is 3. The highest BCUT2D eigenvalue weighted by molar-refractivity contribution is 9.10. The Balaban J connectivity index is 1.70. The first-order valence-corrected chi connectivity index (χ1v) is 10.7. The molecule has 0 aliphatic carbocycles. The highest BCUT2D eigenvalue weighted by Crippen LogP contribution is 2.30. The van der Waals surface area contributed by atoms with E-state index in [1.54, 1.807) is 6.07 Å². The van der Waals surface area contributed by atoms with Gasteiger partial charge in [-0.2, -0.15) is 5.10 Å². The van der Waals surface area contributed by atoms with Crippen molar-refractivity contribution >= 4 is 51.3 Å². The van der Waals surface area contributed by atoms with E-state index in [0.717, 1.165) is 27.0 Å². The Morgan fingerprint density at radius 2 is 1.52 bits per heavy atom. The van der Waals surface area contributed by atoms with E-state index < -0.39 is 0 Å². The van der Waals surface area contributed by atoms with Crippen molar-refractivity contribution < 1.29 is 5.11 Å². The first kappa shape index (κ1) is 21.3. The molecule has 0 unspecified atom stereocenters. The Kier molecular flexibility index (Phi) is 6.51. The molecule has 8 heteroatoms. The molecular formula is C23H15BrCl2N4O. The summed E-state index contributed by atoms with van der Waals surface area (Å²) in [5, 5.41) is 14.8. The topological polar surface area (TPSA) is 70.4 Å². The maximum atomic E-state index is 10.1. The van der Waals surface area contributed by atoms with Crippen molar-refractivity contribution in [3.63, 3.8) is 0 Å². The van der Waals surface area contributed by atoms with Crippen molar-refractivity contribution in [3.8, 4) is 28.3 Å². The Morgan fingerprint density at radius 1 is 0.871 bits per heavy atom. The van der Waals surface area contributed by atoms with Crippen molar-refractivity contribution in [2.24, 2.45) is 5.10 Å². The SMILES string of the molecule is Oc1c(Cl)cc(Cl)cc1/C=N\Nc1nc(-c2ccccc2)cc(-c2ccc(Br)cc2)n1. The van der Waals surface area contributed by atoms with Gasteiger partial charge in [-0.05, 0) is 30.3 Å². The predicted molar refractivity (Wildman–Crippen MR) is 130 cm³/mol. The Bertz CT molecular complexity index is 1250. The molecule has 0 bridgehead atoms. The van der Waals surface area contributed by atoms with Crippen molar-refractivity contribution in [3.05, 3.63) is 92.9 Å². The zero-order valence-corrected chi connectivity index (χ0v) is 19.0. The highest BCUT2D eigenvalue weighted by atomic mass is 79.9. The van der Waals surface area contributed by atoms with Crippen LogP contribution in [0.2, 0.25) is 10.0 Å². The number of rotatable bonds is 5. The number of nitrogens with one attached hydrogen (secondary N) is 1. The third-order valence-electron chi connectivity index (χ3n) is 4.36. The second-order valence-corrected chi connectivity index (χ2v) is 8.29. The predicted octanol–water partition coefficient (Wildman–Crippen LogP) is 7.03. The van der Waals surface area contributed by atoms with Gasteiger partial charge in [0.05, 0.1) is 22.6 Å². The summed E-state index contributed by atoms with van der Waals surface area (Å²) < 4.78 is 0.983. The number of phenolic OH excluding ortho intramolecular Hbond substituents is 1. The second kappa shape index (κ2) is 9.47. The molecule has 154 valence electrons. The van der Waals surface area contributed by atoms with Crippen molar-refractivity contribution in [2.75, 3.05) is 5.43 Å². The van der Waals surface area contributed by atoms with Crippen LogP contribution in [0.1, 0.15) is 5.56 Å². The molecule has 0 fully saturated rings. The van der Waals surface area contributed by atoms with Gasteiger partial charge in [-0.25, -0.2) is 15.4 Å². The van der Waals surface area contributed by atoms with Crippen LogP contribution in [0.15, 0.2) is 82.4 Å². The number of aromatic nitrogens is 2. The maximum absolute atomic E-state index is 10.1. The zero-order valence-electron chi connectivity index (χ0n) is 15.9. The molecule has 31 heavy (non-hydrogen) atoms. The third-order valence-corrected chi connectivity index (χ3v) is 5.40. The third kappa shape index (κ3) is 5.22. The van der Waals surface area contributed by atoms with Gasteiger partial charge in [0, 0.05) is 26.2 Å². The number of phenols is 1. The van der Waals surface area contributed by atoms with E-state index in [2.05, 4.69) is 36.4 Å². The van der Waals surface area contributed by atoms with Crippen molar-refractivity contribution in [2.45, 2.75) is 0 Å². The second-order valence-electron chi connectivity index (χ2n) is 6.53. The van der Waals surface area contributed by atoms with Crippen LogP contribution in [0, 0.1) is 0 Å². The van der Waals surface area contributed by atoms with Crippen LogP contribution in [0.5, 0.6) is 5.75 Å². The molecule has 0 spiro atoms. The van der Waals surface area contributed by atoms with E-state index in [1.807, 2.05) is 60.7 Å². The Hall–Kier alpha value is -2.93. The minimum Gasteiger partial charge on any atom is -0.506 e. The first-order chi connectivity index (χ1) is 15.0. The summed E-state index contributed by atoms with van der Waals surface area (Å²) in [5.74, 6) is 0.203. The molecule has 0 amide bonds. The van der Waals surface area contributed by atoms with E-state index in [4.69, 9.17) is 23.2 Å². The standard InChI is InChI=1S/C23H15BrCl2N4O/c24-17-8-6-15(7-9-17)21-12-20(14-4-2-1-3-5-14)28-23(29-21)30-27-13-16-10-18(25)11-19(26)22(16)31/h1-13,31H,(H,28,29,30)/b27-13-. The summed E-state index contributed by atoms with van der Waals surface area (Å²) in [4.78, 5) is 9.16. The number of hydrogen-bond acceptors (Lipinski definition) is 5. The lowest BCUT2D eigenvalue weighted by molar-refractivity contribution is 0.475. The highest BCUT2D eigenvalue weighted by Gasteiger charge is 2.09. The first-order valence-electron chi connectivity index (χ1n) is 9.17. The molecule has 3 aromatic carbocycles. The van der Waals surface area contributed by atoms with Crippen LogP contribution in [0.4, 0.5) is 5.95 Å². The normalized spacial score (nSPS) is 11.1. The van der Waals surface area contributed by atoms with Crippen LogP contribution in [-0.2, 0) is 0 Å². The molecule has 5 nitrogen and oxygen atoms in total. The molecule has 0 aliphatic rings. The number of anilines is 1. The lowest BCUT2D eigenvalue weighted by atomic mass is 10.1. The van der Waals surface area contributed by atoms with E-state index in [1.165, 1.54) is 12.3 Å². The number of hydrazone groups is 1.